The summed E-state index contributed by atoms with van der Waals surface area (Å²) in [6.45, 7) is 3.75. The van der Waals surface area contributed by atoms with Crippen LogP contribution in [0.15, 0.2) is 83.8 Å². The fourth-order valence-electron chi connectivity index (χ4n) is 4.75. The highest BCUT2D eigenvalue weighted by Crippen LogP contribution is 2.44. The van der Waals surface area contributed by atoms with Crippen molar-refractivity contribution in [3.05, 3.63) is 90.0 Å². The molecule has 0 aliphatic rings. The molecule has 4 aromatic carbocycles. The molecular formula is C30H28N2O5S. The lowest BCUT2D eigenvalue weighted by atomic mass is 9.94. The van der Waals surface area contributed by atoms with E-state index in [4.69, 9.17) is 9.47 Å². The van der Waals surface area contributed by atoms with Crippen LogP contribution in [-0.4, -0.2) is 32.7 Å². The molecule has 0 saturated heterocycles. The molecule has 0 amide bonds. The number of nitrogens with one attached hydrogen (secondary N) is 1. The van der Waals surface area contributed by atoms with Crippen LogP contribution in [0.25, 0.3) is 32.9 Å². The van der Waals surface area contributed by atoms with Gasteiger partial charge in [-0.15, -0.1) is 0 Å². The second-order valence-corrected chi connectivity index (χ2v) is 10.7. The first-order chi connectivity index (χ1) is 18.2. The van der Waals surface area contributed by atoms with Crippen LogP contribution in [0.2, 0.25) is 0 Å². The smallest absolute Gasteiger partial charge is 0.340 e. The molecule has 1 heterocycles. The van der Waals surface area contributed by atoms with Gasteiger partial charge in [0.1, 0.15) is 5.75 Å². The number of rotatable bonds is 7. The number of hydrogen-bond acceptors (Lipinski definition) is 5. The van der Waals surface area contributed by atoms with E-state index in [1.54, 1.807) is 44.4 Å². The minimum atomic E-state index is -4.05. The van der Waals surface area contributed by atoms with Gasteiger partial charge in [0.05, 0.1) is 35.4 Å². The van der Waals surface area contributed by atoms with Gasteiger partial charge in [0.2, 0.25) is 0 Å². The molecule has 0 aliphatic heterocycles. The highest BCUT2D eigenvalue weighted by molar-refractivity contribution is 7.92. The number of hydrogen-bond donors (Lipinski definition) is 1. The number of ether oxygens (including phenoxy) is 2. The Balaban J connectivity index is 1.92. The molecule has 0 aliphatic carbocycles. The van der Waals surface area contributed by atoms with Crippen molar-refractivity contribution in [2.24, 2.45) is 7.05 Å². The van der Waals surface area contributed by atoms with Gasteiger partial charge in [-0.1, -0.05) is 48.0 Å². The van der Waals surface area contributed by atoms with Crippen LogP contribution in [0.1, 0.15) is 22.8 Å². The Hall–Kier alpha value is -4.30. The first-order valence-corrected chi connectivity index (χ1v) is 13.7. The predicted molar refractivity (Wildman–Crippen MR) is 150 cm³/mol. The first kappa shape index (κ1) is 25.4. The van der Waals surface area contributed by atoms with Crippen molar-refractivity contribution in [3.8, 4) is 16.9 Å². The zero-order valence-electron chi connectivity index (χ0n) is 21.6. The van der Waals surface area contributed by atoms with Gasteiger partial charge in [0, 0.05) is 28.9 Å². The van der Waals surface area contributed by atoms with Gasteiger partial charge < -0.3 is 14.0 Å². The highest BCUT2D eigenvalue weighted by atomic mass is 32.2. The number of esters is 1. The van der Waals surface area contributed by atoms with Crippen LogP contribution in [0.5, 0.6) is 5.75 Å². The summed E-state index contributed by atoms with van der Waals surface area (Å²) >= 11 is 0. The lowest BCUT2D eigenvalue weighted by Gasteiger charge is -2.19. The van der Waals surface area contributed by atoms with Gasteiger partial charge in [0.15, 0.2) is 0 Å². The number of nitrogens with zero attached hydrogens (tertiary/aromatic N) is 1. The number of sulfonamides is 1. The molecule has 38 heavy (non-hydrogen) atoms. The summed E-state index contributed by atoms with van der Waals surface area (Å²) in [6.07, 6.45) is 0. The van der Waals surface area contributed by atoms with Crippen LogP contribution in [0.3, 0.4) is 0 Å². The molecule has 1 N–H and O–H groups in total. The predicted octanol–water partition coefficient (Wildman–Crippen LogP) is 6.29. The van der Waals surface area contributed by atoms with E-state index >= 15 is 0 Å². The summed E-state index contributed by atoms with van der Waals surface area (Å²) in [4.78, 5) is 13.4. The molecule has 194 valence electrons. The average Bonchev–Trinajstić information content (AvgIpc) is 3.19. The summed E-state index contributed by atoms with van der Waals surface area (Å²) in [7, 11) is -0.533. The van der Waals surface area contributed by atoms with E-state index in [2.05, 4.69) is 4.72 Å². The first-order valence-electron chi connectivity index (χ1n) is 12.2. The molecule has 5 aromatic rings. The Bertz CT molecular complexity index is 1770. The van der Waals surface area contributed by atoms with Gasteiger partial charge in [-0.05, 0) is 55.8 Å². The van der Waals surface area contributed by atoms with Gasteiger partial charge in [-0.2, -0.15) is 0 Å². The topological polar surface area (TPSA) is 86.6 Å². The summed E-state index contributed by atoms with van der Waals surface area (Å²) in [6, 6.07) is 23.4. The fraction of sp³-hybridized carbons (Fsp3) is 0.167. The average molecular weight is 529 g/mol. The Labute approximate surface area is 221 Å². The molecule has 1 aromatic heterocycles. The van der Waals surface area contributed by atoms with Crippen LogP contribution in [0, 0.1) is 6.92 Å². The monoisotopic (exact) mass is 528 g/mol. The van der Waals surface area contributed by atoms with E-state index < -0.39 is 16.0 Å². The third-order valence-electron chi connectivity index (χ3n) is 6.63. The van der Waals surface area contributed by atoms with Gasteiger partial charge >= 0.3 is 5.97 Å². The lowest BCUT2D eigenvalue weighted by molar-refractivity contribution is 0.0528. The normalized spacial score (nSPS) is 11.6. The number of carbonyl (C=O) groups excluding carboxylic acids is 1. The van der Waals surface area contributed by atoms with Crippen LogP contribution in [-0.2, 0) is 21.8 Å². The number of fused-ring (bicyclic) bond motifs is 3. The number of aryl methyl sites for hydroxylation is 2. The zero-order chi connectivity index (χ0) is 27.0. The number of aromatic nitrogens is 1. The standard InChI is InChI=1S/C30H28N2O5S/c1-5-37-30(33)24-18-26-28(23-17-21(36-4)13-16-25(23)32(26)3)27(20-9-7-6-8-10-20)29(24)31-38(34,35)22-14-11-19(2)12-15-22/h6-18,31H,5H2,1-4H3. The number of carbonyl (C=O) groups is 1. The molecule has 0 unspecified atom stereocenters. The van der Waals surface area contributed by atoms with E-state index in [0.717, 1.165) is 32.9 Å². The van der Waals surface area contributed by atoms with E-state index in [-0.39, 0.29) is 22.8 Å². The minimum Gasteiger partial charge on any atom is -0.497 e. The maximum atomic E-state index is 13.6. The van der Waals surface area contributed by atoms with Crippen molar-refractivity contribution in [2.45, 2.75) is 18.7 Å². The lowest BCUT2D eigenvalue weighted by Crippen LogP contribution is -2.18. The third-order valence-corrected chi connectivity index (χ3v) is 7.99. The van der Waals surface area contributed by atoms with Crippen LogP contribution in [0.4, 0.5) is 5.69 Å². The van der Waals surface area contributed by atoms with Crippen molar-refractivity contribution in [1.82, 2.24) is 4.57 Å². The maximum absolute atomic E-state index is 13.6. The molecule has 5 rings (SSSR count). The summed E-state index contributed by atoms with van der Waals surface area (Å²) in [5, 5.41) is 1.66. The van der Waals surface area contributed by atoms with Crippen LogP contribution < -0.4 is 9.46 Å². The quantitative estimate of drug-likeness (QED) is 0.251. The molecule has 0 saturated carbocycles. The van der Waals surface area contributed by atoms with Crippen molar-refractivity contribution in [1.29, 1.82) is 0 Å². The van der Waals surface area contributed by atoms with Crippen molar-refractivity contribution in [2.75, 3.05) is 18.4 Å². The fourth-order valence-corrected chi connectivity index (χ4v) is 5.84. The molecule has 0 atom stereocenters. The van der Waals surface area contributed by atoms with Gasteiger partial charge in [0.25, 0.3) is 10.0 Å². The summed E-state index contributed by atoms with van der Waals surface area (Å²) in [5.41, 5.74) is 4.23. The van der Waals surface area contributed by atoms with Gasteiger partial charge in [-0.25, -0.2) is 13.2 Å². The van der Waals surface area contributed by atoms with E-state index in [0.29, 0.717) is 11.3 Å². The number of methoxy groups -OCH3 is 1. The second kappa shape index (κ2) is 9.87. The number of benzene rings is 4. The molecule has 7 nitrogen and oxygen atoms in total. The number of anilines is 1. The van der Waals surface area contributed by atoms with Crippen molar-refractivity contribution in [3.63, 3.8) is 0 Å². The Morgan fingerprint density at radius 3 is 2.32 bits per heavy atom. The minimum absolute atomic E-state index is 0.0941. The third kappa shape index (κ3) is 4.37. The molecule has 0 fully saturated rings. The highest BCUT2D eigenvalue weighted by Gasteiger charge is 2.28. The second-order valence-electron chi connectivity index (χ2n) is 9.02. The molecule has 0 radical (unpaired) electrons. The van der Waals surface area contributed by atoms with E-state index in [1.807, 2.05) is 67.1 Å². The maximum Gasteiger partial charge on any atom is 0.340 e. The Morgan fingerprint density at radius 2 is 1.66 bits per heavy atom. The zero-order valence-corrected chi connectivity index (χ0v) is 22.4. The van der Waals surface area contributed by atoms with Gasteiger partial charge in [-0.3, -0.25) is 4.72 Å². The van der Waals surface area contributed by atoms with E-state index in [1.165, 1.54) is 0 Å². The SMILES string of the molecule is CCOC(=O)c1cc2c(c(-c3ccccc3)c1NS(=O)(=O)c1ccc(C)cc1)c1cc(OC)ccc1n2C. The van der Waals surface area contributed by atoms with E-state index in [9.17, 15) is 13.2 Å². The molecular weight excluding hydrogens is 500 g/mol. The van der Waals surface area contributed by atoms with Crippen LogP contribution >= 0.6 is 0 Å². The van der Waals surface area contributed by atoms with Crippen molar-refractivity contribution >= 4 is 43.5 Å². The summed E-state index contributed by atoms with van der Waals surface area (Å²) in [5.74, 6) is 0.0521. The largest absolute Gasteiger partial charge is 0.497 e. The molecule has 8 heteroatoms. The summed E-state index contributed by atoms with van der Waals surface area (Å²) < 4.78 is 42.9. The Kier molecular flexibility index (Phi) is 6.59. The molecule has 0 bridgehead atoms. The Morgan fingerprint density at radius 1 is 0.947 bits per heavy atom. The molecule has 0 spiro atoms. The van der Waals surface area contributed by atoms with Crippen molar-refractivity contribution < 1.29 is 22.7 Å².